The number of benzene rings is 9. The van der Waals surface area contributed by atoms with Crippen molar-refractivity contribution in [2.24, 2.45) is 0 Å². The van der Waals surface area contributed by atoms with Crippen LogP contribution >= 0.6 is 0 Å². The Balaban J connectivity index is 1.05. The minimum absolute atomic E-state index is 0.0606. The summed E-state index contributed by atoms with van der Waals surface area (Å²) >= 11 is 0. The van der Waals surface area contributed by atoms with Crippen LogP contribution in [0, 0.1) is 0 Å². The molecule has 3 nitrogen and oxygen atoms in total. The lowest BCUT2D eigenvalue weighted by atomic mass is 9.62. The molecule has 9 aromatic carbocycles. The molecule has 11 aromatic rings. The Morgan fingerprint density at radius 3 is 2.05 bits per heavy atom. The molecule has 2 aliphatic carbocycles. The molecule has 0 fully saturated rings. The van der Waals surface area contributed by atoms with E-state index in [4.69, 9.17) is 9.97 Å². The smallest absolute Gasteiger partial charge is 0.137 e. The molecular weight excluding hydrogens is 751 g/mol. The molecule has 0 saturated heterocycles. The van der Waals surface area contributed by atoms with E-state index in [2.05, 4.69) is 213 Å². The quantitative estimate of drug-likeness (QED) is 0.178. The van der Waals surface area contributed by atoms with Crippen molar-refractivity contribution in [1.82, 2.24) is 14.5 Å². The van der Waals surface area contributed by atoms with Gasteiger partial charge in [-0.2, -0.15) is 0 Å². The minimum atomic E-state index is -0.279. The van der Waals surface area contributed by atoms with Crippen LogP contribution in [-0.4, -0.2) is 14.5 Å². The summed E-state index contributed by atoms with van der Waals surface area (Å²) in [6.45, 7) is 4.86. The number of aromatic nitrogens is 3. The Kier molecular flexibility index (Phi) is 7.48. The van der Waals surface area contributed by atoms with Gasteiger partial charge in [-0.15, -0.1) is 0 Å². The zero-order valence-electron chi connectivity index (χ0n) is 34.6. The Morgan fingerprint density at radius 2 is 1.19 bits per heavy atom. The zero-order chi connectivity index (χ0) is 41.1. The van der Waals surface area contributed by atoms with Gasteiger partial charge in [-0.3, -0.25) is 0 Å². The SMILES string of the molecule is CC1(C)c2c(ccc3c2C(c2nc(-c4ccccc4)c4ccccc4n2)Cc2ccc(-c4ccc5c(c4)c4ccccc4n5-c4ccccc4)cc2-3)-c2cccc3cccc1c23. The molecule has 292 valence electrons. The first-order valence-corrected chi connectivity index (χ1v) is 21.8. The van der Waals surface area contributed by atoms with Crippen LogP contribution in [0.1, 0.15) is 47.8 Å². The fraction of sp³-hybridized carbons (Fsp3) is 0.0847. The lowest BCUT2D eigenvalue weighted by Crippen LogP contribution is -2.29. The average molecular weight is 792 g/mol. The van der Waals surface area contributed by atoms with Crippen LogP contribution in [0.4, 0.5) is 0 Å². The maximum absolute atomic E-state index is 5.58. The molecule has 0 bridgehead atoms. The molecule has 2 heterocycles. The third-order valence-electron chi connectivity index (χ3n) is 13.9. The van der Waals surface area contributed by atoms with Crippen LogP contribution in [0.15, 0.2) is 194 Å². The molecule has 0 spiro atoms. The van der Waals surface area contributed by atoms with Crippen molar-refractivity contribution in [3.8, 4) is 50.3 Å². The highest BCUT2D eigenvalue weighted by molar-refractivity contribution is 6.11. The van der Waals surface area contributed by atoms with Crippen molar-refractivity contribution in [3.05, 3.63) is 222 Å². The summed E-state index contributed by atoms with van der Waals surface area (Å²) in [6, 6.07) is 71.2. The van der Waals surface area contributed by atoms with E-state index < -0.39 is 0 Å². The van der Waals surface area contributed by atoms with E-state index in [1.165, 1.54) is 93.9 Å². The summed E-state index contributed by atoms with van der Waals surface area (Å²) in [6.07, 6.45) is 0.803. The van der Waals surface area contributed by atoms with E-state index in [-0.39, 0.29) is 11.3 Å². The van der Waals surface area contributed by atoms with Crippen molar-refractivity contribution in [1.29, 1.82) is 0 Å². The summed E-state index contributed by atoms with van der Waals surface area (Å²) in [5.41, 5.74) is 19.4. The van der Waals surface area contributed by atoms with Crippen LogP contribution in [0.2, 0.25) is 0 Å². The molecule has 0 N–H and O–H groups in total. The Bertz CT molecular complexity index is 3630. The standard InChI is InChI=1S/C59H41N3/c1-59(2)50-24-14-18-36-17-13-23-43(54(36)50)45-31-30-44-47-33-38(39-29-32-53-48(34-39)42-21-10-12-26-52(42)62(53)41-19-7-4-8-20-41)27-28-40(47)35-49(55(44)56(45)59)58-60-51-25-11-9-22-46(51)57(61-58)37-15-5-3-6-16-37/h3-34,49H,35H2,1-2H3. The van der Waals surface area contributed by atoms with Crippen molar-refractivity contribution >= 4 is 43.5 Å². The van der Waals surface area contributed by atoms with Gasteiger partial charge in [0, 0.05) is 38.7 Å². The van der Waals surface area contributed by atoms with Crippen LogP contribution in [0.3, 0.4) is 0 Å². The summed E-state index contributed by atoms with van der Waals surface area (Å²) in [7, 11) is 0. The zero-order valence-corrected chi connectivity index (χ0v) is 34.6. The van der Waals surface area contributed by atoms with Crippen molar-refractivity contribution in [3.63, 3.8) is 0 Å². The Morgan fingerprint density at radius 1 is 0.500 bits per heavy atom. The number of para-hydroxylation sites is 3. The number of hydrogen-bond donors (Lipinski definition) is 0. The van der Waals surface area contributed by atoms with E-state index in [9.17, 15) is 0 Å². The van der Waals surface area contributed by atoms with E-state index in [1.807, 2.05) is 0 Å². The third kappa shape index (κ3) is 5.06. The second kappa shape index (κ2) is 13.2. The molecule has 62 heavy (non-hydrogen) atoms. The van der Waals surface area contributed by atoms with Gasteiger partial charge in [-0.25, -0.2) is 9.97 Å². The highest BCUT2D eigenvalue weighted by atomic mass is 15.0. The van der Waals surface area contributed by atoms with Gasteiger partial charge in [0.1, 0.15) is 5.82 Å². The predicted molar refractivity (Wildman–Crippen MR) is 257 cm³/mol. The highest BCUT2D eigenvalue weighted by Crippen LogP contribution is 2.56. The van der Waals surface area contributed by atoms with Crippen molar-refractivity contribution in [2.75, 3.05) is 0 Å². The van der Waals surface area contributed by atoms with E-state index in [0.717, 1.165) is 34.4 Å². The number of rotatable bonds is 4. The van der Waals surface area contributed by atoms with Crippen LogP contribution in [-0.2, 0) is 11.8 Å². The van der Waals surface area contributed by atoms with Crippen LogP contribution in [0.5, 0.6) is 0 Å². The molecule has 3 heteroatoms. The molecule has 1 atom stereocenters. The largest absolute Gasteiger partial charge is 0.309 e. The normalized spacial score (nSPS) is 14.8. The Labute approximate surface area is 360 Å². The summed E-state index contributed by atoms with van der Waals surface area (Å²) < 4.78 is 2.39. The summed E-state index contributed by atoms with van der Waals surface area (Å²) in [4.78, 5) is 11.0. The molecule has 0 amide bonds. The van der Waals surface area contributed by atoms with E-state index >= 15 is 0 Å². The van der Waals surface area contributed by atoms with E-state index in [1.54, 1.807) is 0 Å². The lowest BCUT2D eigenvalue weighted by Gasteiger charge is -2.41. The molecule has 2 aliphatic rings. The van der Waals surface area contributed by atoms with Crippen LogP contribution < -0.4 is 0 Å². The second-order valence-electron chi connectivity index (χ2n) is 17.6. The lowest BCUT2D eigenvalue weighted by molar-refractivity contribution is 0.618. The Hall–Kier alpha value is -7.62. The van der Waals surface area contributed by atoms with E-state index in [0.29, 0.717) is 0 Å². The fourth-order valence-electron chi connectivity index (χ4n) is 11.1. The van der Waals surface area contributed by atoms with Gasteiger partial charge >= 0.3 is 0 Å². The van der Waals surface area contributed by atoms with Crippen molar-refractivity contribution < 1.29 is 0 Å². The second-order valence-corrected chi connectivity index (χ2v) is 17.6. The minimum Gasteiger partial charge on any atom is -0.309 e. The average Bonchev–Trinajstić information content (AvgIpc) is 3.66. The van der Waals surface area contributed by atoms with Gasteiger partial charge in [0.2, 0.25) is 0 Å². The fourth-order valence-corrected chi connectivity index (χ4v) is 11.1. The van der Waals surface area contributed by atoms with Gasteiger partial charge in [0.15, 0.2) is 0 Å². The maximum atomic E-state index is 5.58. The predicted octanol–water partition coefficient (Wildman–Crippen LogP) is 14.9. The topological polar surface area (TPSA) is 30.7 Å². The molecule has 0 saturated carbocycles. The maximum Gasteiger partial charge on any atom is 0.137 e. The number of fused-ring (bicyclic) bond motifs is 10. The molecule has 1 unspecified atom stereocenters. The third-order valence-corrected chi connectivity index (χ3v) is 13.9. The van der Waals surface area contributed by atoms with Gasteiger partial charge in [-0.1, -0.05) is 166 Å². The molecule has 2 aromatic heterocycles. The highest BCUT2D eigenvalue weighted by Gasteiger charge is 2.41. The molecule has 0 aliphatic heterocycles. The van der Waals surface area contributed by atoms with Gasteiger partial charge < -0.3 is 4.57 Å². The van der Waals surface area contributed by atoms with Gasteiger partial charge in [-0.05, 0) is 115 Å². The first-order chi connectivity index (χ1) is 30.5. The summed E-state index contributed by atoms with van der Waals surface area (Å²) in [5, 5.41) is 6.24. The molecule has 0 radical (unpaired) electrons. The van der Waals surface area contributed by atoms with Crippen molar-refractivity contribution in [2.45, 2.75) is 31.6 Å². The number of hydrogen-bond acceptors (Lipinski definition) is 2. The first-order valence-electron chi connectivity index (χ1n) is 21.8. The number of nitrogens with zero attached hydrogens (tertiary/aromatic N) is 3. The monoisotopic (exact) mass is 791 g/mol. The van der Waals surface area contributed by atoms with Crippen LogP contribution in [0.25, 0.3) is 93.8 Å². The van der Waals surface area contributed by atoms with Gasteiger partial charge in [0.05, 0.1) is 22.2 Å². The molecular formula is C59H41N3. The van der Waals surface area contributed by atoms with Gasteiger partial charge in [0.25, 0.3) is 0 Å². The molecule has 13 rings (SSSR count). The first kappa shape index (κ1) is 35.2. The summed E-state index contributed by atoms with van der Waals surface area (Å²) in [5.74, 6) is 0.814.